The zero-order chi connectivity index (χ0) is 21.7. The molecule has 3 N–H and O–H groups in total. The Balaban J connectivity index is 1.44. The molecule has 2 fully saturated rings. The second-order valence-electron chi connectivity index (χ2n) is 7.49. The van der Waals surface area contributed by atoms with E-state index in [-0.39, 0.29) is 43.2 Å². The van der Waals surface area contributed by atoms with Crippen LogP contribution in [0.4, 0.5) is 13.2 Å². The van der Waals surface area contributed by atoms with Crippen molar-refractivity contribution in [3.05, 3.63) is 35.4 Å². The minimum absolute atomic E-state index is 0.00270. The number of amides is 1. The molecule has 168 valence electrons. The molecule has 0 aromatic heterocycles. The molecular weight excluding hydrogens is 405 g/mol. The lowest BCUT2D eigenvalue weighted by atomic mass is 10.1. The molecule has 2 aliphatic heterocycles. The van der Waals surface area contributed by atoms with Gasteiger partial charge in [0.05, 0.1) is 36.9 Å². The van der Waals surface area contributed by atoms with Gasteiger partial charge in [-0.1, -0.05) is 18.2 Å². The summed E-state index contributed by atoms with van der Waals surface area (Å²) in [5.74, 6) is -0.159. The maximum Gasteiger partial charge on any atom is 0.416 e. The molecule has 2 aliphatic rings. The van der Waals surface area contributed by atoms with Crippen molar-refractivity contribution in [3.63, 3.8) is 0 Å². The largest absolute Gasteiger partial charge is 0.416 e. The van der Waals surface area contributed by atoms with E-state index >= 15 is 0 Å². The number of carbonyl (C=O) groups excluding carboxylic acids is 1. The maximum absolute atomic E-state index is 13.1. The summed E-state index contributed by atoms with van der Waals surface area (Å²) >= 11 is 0. The molecule has 0 radical (unpaired) electrons. The van der Waals surface area contributed by atoms with Crippen LogP contribution in [-0.4, -0.2) is 68.3 Å². The molecule has 10 heteroatoms. The summed E-state index contributed by atoms with van der Waals surface area (Å²) in [5.41, 5.74) is -0.550. The van der Waals surface area contributed by atoms with Gasteiger partial charge in [0.15, 0.2) is 0 Å². The van der Waals surface area contributed by atoms with Crippen LogP contribution in [0.3, 0.4) is 0 Å². The third-order valence-corrected chi connectivity index (χ3v) is 5.30. The average molecular weight is 432 g/mol. The first-order valence-electron chi connectivity index (χ1n) is 9.90. The van der Waals surface area contributed by atoms with Gasteiger partial charge in [-0.05, 0) is 11.6 Å². The SMILES string of the molecule is COCCNC(=O)CC1CC2OC(CNCc3ccccc3C(F)(F)F)C(O)C2O1. The average Bonchev–Trinajstić information content (AvgIpc) is 3.20. The van der Waals surface area contributed by atoms with Crippen molar-refractivity contribution in [1.29, 1.82) is 0 Å². The van der Waals surface area contributed by atoms with Gasteiger partial charge in [-0.3, -0.25) is 4.79 Å². The quantitative estimate of drug-likeness (QED) is 0.509. The number of halogens is 3. The van der Waals surface area contributed by atoms with Crippen molar-refractivity contribution in [2.45, 2.75) is 56.1 Å². The Kier molecular flexibility index (Phi) is 7.70. The van der Waals surface area contributed by atoms with Crippen LogP contribution < -0.4 is 10.6 Å². The first kappa shape index (κ1) is 23.0. The van der Waals surface area contributed by atoms with E-state index in [1.165, 1.54) is 12.1 Å². The molecule has 2 heterocycles. The van der Waals surface area contributed by atoms with E-state index in [9.17, 15) is 23.1 Å². The predicted molar refractivity (Wildman–Crippen MR) is 101 cm³/mol. The van der Waals surface area contributed by atoms with E-state index in [4.69, 9.17) is 14.2 Å². The van der Waals surface area contributed by atoms with Crippen LogP contribution >= 0.6 is 0 Å². The minimum Gasteiger partial charge on any atom is -0.388 e. The molecule has 0 aliphatic carbocycles. The van der Waals surface area contributed by atoms with Gasteiger partial charge in [0.2, 0.25) is 5.91 Å². The highest BCUT2D eigenvalue weighted by Gasteiger charge is 2.50. The summed E-state index contributed by atoms with van der Waals surface area (Å²) < 4.78 is 55.7. The number of nitrogens with one attached hydrogen (secondary N) is 2. The summed E-state index contributed by atoms with van der Waals surface area (Å²) in [5, 5.41) is 16.1. The van der Waals surface area contributed by atoms with Crippen molar-refractivity contribution >= 4 is 5.91 Å². The van der Waals surface area contributed by atoms with Crippen molar-refractivity contribution in [3.8, 4) is 0 Å². The molecular formula is C20H27F3N2O5. The smallest absolute Gasteiger partial charge is 0.388 e. The summed E-state index contributed by atoms with van der Waals surface area (Å²) in [6, 6.07) is 5.36. The Labute approximate surface area is 172 Å². The zero-order valence-electron chi connectivity index (χ0n) is 16.7. The van der Waals surface area contributed by atoms with Crippen LogP contribution in [0.15, 0.2) is 24.3 Å². The lowest BCUT2D eigenvalue weighted by Gasteiger charge is -2.20. The number of benzene rings is 1. The van der Waals surface area contributed by atoms with E-state index in [2.05, 4.69) is 10.6 Å². The second kappa shape index (κ2) is 10.1. The Bertz CT molecular complexity index is 718. The molecule has 1 aromatic carbocycles. The van der Waals surface area contributed by atoms with Gasteiger partial charge in [0.1, 0.15) is 12.2 Å². The van der Waals surface area contributed by atoms with Gasteiger partial charge >= 0.3 is 6.18 Å². The molecule has 7 nitrogen and oxygen atoms in total. The Morgan fingerprint density at radius 3 is 2.77 bits per heavy atom. The fraction of sp³-hybridized carbons (Fsp3) is 0.650. The van der Waals surface area contributed by atoms with Gasteiger partial charge < -0.3 is 30.0 Å². The maximum atomic E-state index is 13.1. The molecule has 1 amide bonds. The van der Waals surface area contributed by atoms with E-state index < -0.39 is 30.1 Å². The summed E-state index contributed by atoms with van der Waals surface area (Å²) in [7, 11) is 1.55. The third-order valence-electron chi connectivity index (χ3n) is 5.30. The molecule has 5 unspecified atom stereocenters. The molecule has 5 atom stereocenters. The van der Waals surface area contributed by atoms with Gasteiger partial charge in [-0.15, -0.1) is 0 Å². The van der Waals surface area contributed by atoms with E-state index in [1.807, 2.05) is 0 Å². The third kappa shape index (κ3) is 5.70. The number of carbonyl (C=O) groups is 1. The summed E-state index contributed by atoms with van der Waals surface area (Å²) in [4.78, 5) is 11.9. The first-order valence-corrected chi connectivity index (χ1v) is 9.90. The lowest BCUT2D eigenvalue weighted by molar-refractivity contribution is -0.138. The van der Waals surface area contributed by atoms with Crippen molar-refractivity contribution in [1.82, 2.24) is 10.6 Å². The topological polar surface area (TPSA) is 89.1 Å². The van der Waals surface area contributed by atoms with Crippen molar-refractivity contribution in [2.75, 3.05) is 26.8 Å². The Morgan fingerprint density at radius 2 is 2.07 bits per heavy atom. The Hall–Kier alpha value is -1.72. The van der Waals surface area contributed by atoms with E-state index in [0.717, 1.165) is 6.07 Å². The van der Waals surface area contributed by atoms with Gasteiger partial charge in [0.25, 0.3) is 0 Å². The van der Waals surface area contributed by atoms with Crippen molar-refractivity contribution in [2.24, 2.45) is 0 Å². The number of rotatable bonds is 9. The van der Waals surface area contributed by atoms with E-state index in [0.29, 0.717) is 19.6 Å². The highest BCUT2D eigenvalue weighted by Crippen LogP contribution is 2.35. The van der Waals surface area contributed by atoms with Crippen molar-refractivity contribution < 1.29 is 37.3 Å². The monoisotopic (exact) mass is 432 g/mol. The fourth-order valence-electron chi connectivity index (χ4n) is 3.88. The first-order chi connectivity index (χ1) is 14.3. The summed E-state index contributed by atoms with van der Waals surface area (Å²) in [6.45, 7) is 1.03. The normalized spacial score (nSPS) is 28.5. The highest BCUT2D eigenvalue weighted by atomic mass is 19.4. The van der Waals surface area contributed by atoms with Gasteiger partial charge in [-0.2, -0.15) is 13.2 Å². The highest BCUT2D eigenvalue weighted by molar-refractivity contribution is 5.76. The standard InChI is InChI=1S/C20H27F3N2O5/c1-28-7-6-25-17(26)9-13-8-15-19(29-13)18(27)16(30-15)11-24-10-12-4-2-3-5-14(12)20(21,22)23/h2-5,13,15-16,18-19,24,27H,6-11H2,1H3,(H,25,26). The number of alkyl halides is 3. The molecule has 0 saturated carbocycles. The predicted octanol–water partition coefficient (Wildman–Crippen LogP) is 1.23. The molecule has 3 rings (SSSR count). The van der Waals surface area contributed by atoms with Crippen LogP contribution in [0.25, 0.3) is 0 Å². The van der Waals surface area contributed by atoms with Crippen LogP contribution in [0.1, 0.15) is 24.0 Å². The number of methoxy groups -OCH3 is 1. The van der Waals surface area contributed by atoms with Crippen LogP contribution in [0.2, 0.25) is 0 Å². The van der Waals surface area contributed by atoms with E-state index in [1.54, 1.807) is 13.2 Å². The van der Waals surface area contributed by atoms with Gasteiger partial charge in [-0.25, -0.2) is 0 Å². The number of hydrogen-bond acceptors (Lipinski definition) is 6. The molecule has 0 bridgehead atoms. The zero-order valence-corrected chi connectivity index (χ0v) is 16.7. The number of aliphatic hydroxyl groups excluding tert-OH is 1. The number of hydrogen-bond donors (Lipinski definition) is 3. The van der Waals surface area contributed by atoms with Gasteiger partial charge in [0, 0.05) is 33.2 Å². The number of fused-ring (bicyclic) bond motifs is 1. The number of ether oxygens (including phenoxy) is 3. The molecule has 1 aromatic rings. The molecule has 30 heavy (non-hydrogen) atoms. The number of aliphatic hydroxyl groups is 1. The molecule has 2 saturated heterocycles. The summed E-state index contributed by atoms with van der Waals surface area (Å²) in [6.07, 6.45) is -6.50. The minimum atomic E-state index is -4.42. The lowest BCUT2D eigenvalue weighted by Crippen LogP contribution is -2.39. The van der Waals surface area contributed by atoms with Crippen LogP contribution in [-0.2, 0) is 31.7 Å². The Morgan fingerprint density at radius 1 is 1.30 bits per heavy atom. The fourth-order valence-corrected chi connectivity index (χ4v) is 3.88. The van der Waals surface area contributed by atoms with Crippen LogP contribution in [0, 0.1) is 0 Å². The second-order valence-corrected chi connectivity index (χ2v) is 7.49. The van der Waals surface area contributed by atoms with Crippen LogP contribution in [0.5, 0.6) is 0 Å². The molecule has 0 spiro atoms.